The number of carbonyl (C=O) groups excluding carboxylic acids is 1. The molecule has 2 heterocycles. The van der Waals surface area contributed by atoms with Crippen molar-refractivity contribution in [2.24, 2.45) is 0 Å². The number of rotatable bonds is 8. The van der Waals surface area contributed by atoms with Crippen molar-refractivity contribution in [1.29, 1.82) is 0 Å². The van der Waals surface area contributed by atoms with Gasteiger partial charge in [-0.15, -0.1) is 11.8 Å². The molecule has 2 aliphatic heterocycles. The largest absolute Gasteiger partial charge is 0.497 e. The minimum absolute atomic E-state index is 0.0180. The topological polar surface area (TPSA) is 75.7 Å². The van der Waals surface area contributed by atoms with E-state index in [1.54, 1.807) is 18.9 Å². The Hall–Kier alpha value is -2.00. The first-order valence-corrected chi connectivity index (χ1v) is 14.4. The number of hydrogen-bond donors (Lipinski definition) is 1. The minimum Gasteiger partial charge on any atom is -0.497 e. The highest BCUT2D eigenvalue weighted by molar-refractivity contribution is 8.00. The lowest BCUT2D eigenvalue weighted by atomic mass is 10.1. The van der Waals surface area contributed by atoms with E-state index in [1.807, 2.05) is 60.7 Å². The molecule has 0 unspecified atom stereocenters. The highest BCUT2D eigenvalue weighted by atomic mass is 35.5. The molecule has 2 fully saturated rings. The van der Waals surface area contributed by atoms with Crippen LogP contribution in [0.5, 0.6) is 5.75 Å². The lowest BCUT2D eigenvalue weighted by Gasteiger charge is -2.24. The second-order valence-corrected chi connectivity index (χ2v) is 12.8. The van der Waals surface area contributed by atoms with Crippen LogP contribution >= 0.6 is 23.4 Å². The first-order valence-electron chi connectivity index (χ1n) is 11.3. The van der Waals surface area contributed by atoms with Gasteiger partial charge in [-0.1, -0.05) is 41.9 Å². The van der Waals surface area contributed by atoms with E-state index in [-0.39, 0.29) is 34.7 Å². The lowest BCUT2D eigenvalue weighted by Crippen LogP contribution is -2.47. The molecular formula is C25H29ClN2O4S2. The van der Waals surface area contributed by atoms with Gasteiger partial charge in [-0.05, 0) is 48.7 Å². The normalized spacial score (nSPS) is 24.8. The summed E-state index contributed by atoms with van der Waals surface area (Å²) < 4.78 is 28.9. The number of nitrogens with one attached hydrogen (secondary N) is 1. The summed E-state index contributed by atoms with van der Waals surface area (Å²) in [5, 5.41) is 3.84. The lowest BCUT2D eigenvalue weighted by molar-refractivity contribution is -0.125. The number of ether oxygens (including phenoxy) is 1. The van der Waals surface area contributed by atoms with Crippen LogP contribution in [0.1, 0.15) is 18.4 Å². The summed E-state index contributed by atoms with van der Waals surface area (Å²) in [5.74, 6) is 0.834. The molecule has 1 N–H and O–H groups in total. The first-order chi connectivity index (χ1) is 16.3. The summed E-state index contributed by atoms with van der Waals surface area (Å²) in [6, 6.07) is 17.1. The summed E-state index contributed by atoms with van der Waals surface area (Å²) in [7, 11) is -1.42. The highest BCUT2D eigenvalue weighted by Crippen LogP contribution is 2.34. The number of carbonyl (C=O) groups is 1. The number of methoxy groups -OCH3 is 1. The van der Waals surface area contributed by atoms with Crippen LogP contribution in [-0.2, 0) is 14.6 Å². The molecule has 2 aliphatic rings. The van der Waals surface area contributed by atoms with Crippen molar-refractivity contribution in [2.45, 2.75) is 35.1 Å². The minimum atomic E-state index is -3.06. The van der Waals surface area contributed by atoms with Crippen LogP contribution < -0.4 is 10.1 Å². The molecule has 6 nitrogen and oxygen atoms in total. The molecule has 3 atom stereocenters. The SMILES string of the molecule is COc1ccc(S[C@@H]2C[C@@H](C(=O)N[C@@H]3CCS(=O)(=O)C3)N(C/C(Cl)=C/c3ccccc3)C2)cc1. The van der Waals surface area contributed by atoms with Crippen LogP contribution in [0.15, 0.2) is 64.5 Å². The maximum Gasteiger partial charge on any atom is 0.237 e. The quantitative estimate of drug-likeness (QED) is 0.570. The van der Waals surface area contributed by atoms with Crippen LogP contribution in [0.3, 0.4) is 0 Å². The van der Waals surface area contributed by atoms with E-state index in [0.29, 0.717) is 31.0 Å². The Kier molecular flexibility index (Phi) is 8.24. The molecule has 2 aromatic rings. The van der Waals surface area contributed by atoms with E-state index in [4.69, 9.17) is 16.3 Å². The van der Waals surface area contributed by atoms with Crippen molar-refractivity contribution in [3.63, 3.8) is 0 Å². The molecule has 0 aliphatic carbocycles. The fraction of sp³-hybridized carbons (Fsp3) is 0.400. The zero-order valence-electron chi connectivity index (χ0n) is 19.0. The molecule has 2 saturated heterocycles. The summed E-state index contributed by atoms with van der Waals surface area (Å²) in [6.07, 6.45) is 3.06. The Labute approximate surface area is 210 Å². The van der Waals surface area contributed by atoms with Crippen LogP contribution in [0, 0.1) is 0 Å². The van der Waals surface area contributed by atoms with Crippen LogP contribution in [0.25, 0.3) is 6.08 Å². The van der Waals surface area contributed by atoms with E-state index in [1.165, 1.54) is 0 Å². The van der Waals surface area contributed by atoms with Gasteiger partial charge in [-0.25, -0.2) is 8.42 Å². The first kappa shape index (κ1) is 25.1. The summed E-state index contributed by atoms with van der Waals surface area (Å²) >= 11 is 8.34. The average molecular weight is 521 g/mol. The molecule has 0 spiro atoms. The summed E-state index contributed by atoms with van der Waals surface area (Å²) in [6.45, 7) is 1.16. The van der Waals surface area contributed by atoms with Gasteiger partial charge in [0.15, 0.2) is 9.84 Å². The van der Waals surface area contributed by atoms with Crippen molar-refractivity contribution >= 4 is 45.2 Å². The smallest absolute Gasteiger partial charge is 0.237 e. The standard InChI is InChI=1S/C25H29ClN2O4S2/c1-32-21-7-9-22(10-8-21)33-23-14-24(25(29)27-20-11-12-34(30,31)17-20)28(16-23)15-19(26)13-18-5-3-2-4-6-18/h2-10,13,20,23-24H,11-12,14-17H2,1H3,(H,27,29)/b19-13-/t20-,23-,24+/m1/s1. The molecule has 0 aromatic heterocycles. The maximum absolute atomic E-state index is 13.2. The number of thioether (sulfide) groups is 1. The van der Waals surface area contributed by atoms with Crippen molar-refractivity contribution in [2.75, 3.05) is 31.7 Å². The fourth-order valence-corrected chi connectivity index (χ4v) is 7.59. The van der Waals surface area contributed by atoms with Crippen molar-refractivity contribution in [1.82, 2.24) is 10.2 Å². The number of hydrogen-bond acceptors (Lipinski definition) is 6. The van der Waals surface area contributed by atoms with Crippen LogP contribution in [0.2, 0.25) is 0 Å². The maximum atomic E-state index is 13.2. The van der Waals surface area contributed by atoms with Crippen LogP contribution in [0.4, 0.5) is 0 Å². The number of amides is 1. The zero-order valence-corrected chi connectivity index (χ0v) is 21.4. The van der Waals surface area contributed by atoms with Gasteiger partial charge in [0.25, 0.3) is 0 Å². The Balaban J connectivity index is 1.46. The predicted octanol–water partition coefficient (Wildman–Crippen LogP) is 3.81. The third kappa shape index (κ3) is 6.78. The molecule has 4 rings (SSSR count). The van der Waals surface area contributed by atoms with Crippen molar-refractivity contribution in [3.05, 3.63) is 65.2 Å². The molecule has 1 amide bonds. The summed E-state index contributed by atoms with van der Waals surface area (Å²) in [5.41, 5.74) is 1.01. The monoisotopic (exact) mass is 520 g/mol. The number of sulfone groups is 1. The Morgan fingerprint density at radius 3 is 2.59 bits per heavy atom. The Morgan fingerprint density at radius 1 is 1.21 bits per heavy atom. The highest BCUT2D eigenvalue weighted by Gasteiger charge is 2.39. The zero-order chi connectivity index (χ0) is 24.1. The molecule has 182 valence electrons. The summed E-state index contributed by atoms with van der Waals surface area (Å²) in [4.78, 5) is 16.4. The second-order valence-electron chi connectivity index (χ2n) is 8.71. The molecule has 0 saturated carbocycles. The van der Waals surface area contributed by atoms with Gasteiger partial charge < -0.3 is 10.1 Å². The van der Waals surface area contributed by atoms with E-state index in [9.17, 15) is 13.2 Å². The Bertz CT molecular complexity index is 1120. The van der Waals surface area contributed by atoms with Gasteiger partial charge in [0.2, 0.25) is 5.91 Å². The van der Waals surface area contributed by atoms with Gasteiger partial charge in [-0.2, -0.15) is 0 Å². The molecular weight excluding hydrogens is 492 g/mol. The van der Waals surface area contributed by atoms with Crippen LogP contribution in [-0.4, -0.2) is 68.3 Å². The molecule has 9 heteroatoms. The molecule has 2 aromatic carbocycles. The van der Waals surface area contributed by atoms with E-state index in [0.717, 1.165) is 16.2 Å². The molecule has 34 heavy (non-hydrogen) atoms. The number of likely N-dealkylation sites (tertiary alicyclic amines) is 1. The number of benzene rings is 2. The predicted molar refractivity (Wildman–Crippen MR) is 138 cm³/mol. The number of nitrogens with zero attached hydrogens (tertiary/aromatic N) is 1. The van der Waals surface area contributed by atoms with E-state index < -0.39 is 9.84 Å². The average Bonchev–Trinajstić information content (AvgIpc) is 3.36. The van der Waals surface area contributed by atoms with Gasteiger partial charge in [0.05, 0.1) is 24.7 Å². The second kappa shape index (κ2) is 11.2. The third-order valence-corrected chi connectivity index (χ3v) is 9.30. The van der Waals surface area contributed by atoms with Gasteiger partial charge >= 0.3 is 0 Å². The van der Waals surface area contributed by atoms with Crippen molar-refractivity contribution in [3.8, 4) is 5.75 Å². The van der Waals surface area contributed by atoms with Gasteiger partial charge in [0, 0.05) is 34.3 Å². The molecule has 0 bridgehead atoms. The van der Waals surface area contributed by atoms with Gasteiger partial charge in [0.1, 0.15) is 5.75 Å². The molecule has 0 radical (unpaired) electrons. The van der Waals surface area contributed by atoms with E-state index >= 15 is 0 Å². The van der Waals surface area contributed by atoms with Crippen molar-refractivity contribution < 1.29 is 17.9 Å². The van der Waals surface area contributed by atoms with E-state index in [2.05, 4.69) is 10.2 Å². The van der Waals surface area contributed by atoms with Gasteiger partial charge in [-0.3, -0.25) is 9.69 Å². The number of halogens is 1. The third-order valence-electron chi connectivity index (χ3n) is 6.09. The Morgan fingerprint density at radius 2 is 1.94 bits per heavy atom. The fourth-order valence-electron chi connectivity index (χ4n) is 4.42.